The molecule has 1 N–H and O–H groups in total. The van der Waals surface area contributed by atoms with Crippen LogP contribution in [0.1, 0.15) is 19.8 Å². The van der Waals surface area contributed by atoms with Gasteiger partial charge in [-0.3, -0.25) is 14.5 Å². The smallest absolute Gasteiger partial charge is 0.288 e. The van der Waals surface area contributed by atoms with E-state index >= 15 is 0 Å². The Balaban J connectivity index is 1.53. The standard InChI is InChI=1S/C17H24N2O4S/c1-2-22-14-7-3-4-8-15(14)23-12-10-18-9-5-6-11-19-16(20)13-24-17(19)21/h3-4,7-8,18H,2,5-6,9-13H2,1H3. The lowest BCUT2D eigenvalue weighted by Gasteiger charge is -2.13. The van der Waals surface area contributed by atoms with E-state index in [4.69, 9.17) is 9.47 Å². The summed E-state index contributed by atoms with van der Waals surface area (Å²) in [6, 6.07) is 7.63. The summed E-state index contributed by atoms with van der Waals surface area (Å²) >= 11 is 1.09. The Bertz CT molecular complexity index is 537. The minimum atomic E-state index is -0.116. The molecule has 2 rings (SSSR count). The number of nitrogens with one attached hydrogen (secondary N) is 1. The molecule has 1 fully saturated rings. The quantitative estimate of drug-likeness (QED) is 0.617. The van der Waals surface area contributed by atoms with Crippen LogP contribution in [0.4, 0.5) is 4.79 Å². The minimum absolute atomic E-state index is 0.0701. The van der Waals surface area contributed by atoms with Crippen molar-refractivity contribution < 1.29 is 19.1 Å². The Morgan fingerprint density at radius 2 is 1.88 bits per heavy atom. The second-order valence-electron chi connectivity index (χ2n) is 5.29. The van der Waals surface area contributed by atoms with E-state index in [9.17, 15) is 9.59 Å². The normalized spacial score (nSPS) is 14.3. The zero-order chi connectivity index (χ0) is 17.2. The van der Waals surface area contributed by atoms with Crippen molar-refractivity contribution >= 4 is 22.9 Å². The SMILES string of the molecule is CCOc1ccccc1OCCNCCCCN1C(=O)CSC1=O. The average Bonchev–Trinajstić information content (AvgIpc) is 2.90. The molecule has 1 saturated heterocycles. The Hall–Kier alpha value is -1.73. The first-order valence-corrected chi connectivity index (χ1v) is 9.23. The van der Waals surface area contributed by atoms with Crippen molar-refractivity contribution in [2.45, 2.75) is 19.8 Å². The zero-order valence-electron chi connectivity index (χ0n) is 14.0. The van der Waals surface area contributed by atoms with Crippen molar-refractivity contribution in [3.63, 3.8) is 0 Å². The number of nitrogens with zero attached hydrogens (tertiary/aromatic N) is 1. The molecule has 1 aromatic carbocycles. The van der Waals surface area contributed by atoms with Gasteiger partial charge in [0, 0.05) is 13.1 Å². The summed E-state index contributed by atoms with van der Waals surface area (Å²) < 4.78 is 11.2. The molecule has 1 aromatic rings. The summed E-state index contributed by atoms with van der Waals surface area (Å²) in [6.45, 7) is 5.20. The summed E-state index contributed by atoms with van der Waals surface area (Å²) in [5.74, 6) is 1.74. The molecule has 6 nitrogen and oxygen atoms in total. The monoisotopic (exact) mass is 352 g/mol. The van der Waals surface area contributed by atoms with Gasteiger partial charge in [-0.15, -0.1) is 0 Å². The number of imide groups is 1. The van der Waals surface area contributed by atoms with E-state index in [0.29, 0.717) is 19.8 Å². The van der Waals surface area contributed by atoms with Crippen molar-refractivity contribution in [1.29, 1.82) is 0 Å². The number of ether oxygens (including phenoxy) is 2. The third-order valence-corrected chi connectivity index (χ3v) is 4.37. The molecule has 0 spiro atoms. The molecule has 1 aliphatic rings. The molecule has 132 valence electrons. The molecule has 0 radical (unpaired) electrons. The van der Waals surface area contributed by atoms with Gasteiger partial charge in [-0.25, -0.2) is 0 Å². The lowest BCUT2D eigenvalue weighted by atomic mass is 10.3. The number of para-hydroxylation sites is 2. The molecule has 0 unspecified atom stereocenters. The highest BCUT2D eigenvalue weighted by atomic mass is 32.2. The maximum absolute atomic E-state index is 11.4. The van der Waals surface area contributed by atoms with Gasteiger partial charge in [0.15, 0.2) is 11.5 Å². The van der Waals surface area contributed by atoms with Crippen molar-refractivity contribution in [2.75, 3.05) is 38.6 Å². The zero-order valence-corrected chi connectivity index (χ0v) is 14.8. The third-order valence-electron chi connectivity index (χ3n) is 3.51. The second kappa shape index (κ2) is 10.2. The number of hydrogen-bond acceptors (Lipinski definition) is 6. The van der Waals surface area contributed by atoms with E-state index < -0.39 is 0 Å². The summed E-state index contributed by atoms with van der Waals surface area (Å²) in [5.41, 5.74) is 0. The predicted octanol–water partition coefficient (Wildman–Crippen LogP) is 2.53. The van der Waals surface area contributed by atoms with Crippen LogP contribution in [-0.2, 0) is 4.79 Å². The maximum Gasteiger partial charge on any atom is 0.288 e. The van der Waals surface area contributed by atoms with Gasteiger partial charge in [-0.1, -0.05) is 23.9 Å². The van der Waals surface area contributed by atoms with Gasteiger partial charge in [0.2, 0.25) is 5.91 Å². The van der Waals surface area contributed by atoms with E-state index in [-0.39, 0.29) is 16.9 Å². The highest BCUT2D eigenvalue weighted by Crippen LogP contribution is 2.26. The van der Waals surface area contributed by atoms with Crippen LogP contribution >= 0.6 is 11.8 Å². The minimum Gasteiger partial charge on any atom is -0.490 e. The fourth-order valence-corrected chi connectivity index (χ4v) is 3.07. The first-order valence-electron chi connectivity index (χ1n) is 8.25. The van der Waals surface area contributed by atoms with E-state index in [1.54, 1.807) is 0 Å². The molecule has 0 saturated carbocycles. The van der Waals surface area contributed by atoms with E-state index in [1.807, 2.05) is 31.2 Å². The number of carbonyl (C=O) groups excluding carboxylic acids is 2. The number of unbranched alkanes of at least 4 members (excludes halogenated alkanes) is 1. The molecule has 2 amide bonds. The first kappa shape index (κ1) is 18.6. The fourth-order valence-electron chi connectivity index (χ4n) is 2.32. The van der Waals surface area contributed by atoms with Crippen LogP contribution in [0.2, 0.25) is 0 Å². The molecule has 7 heteroatoms. The maximum atomic E-state index is 11.4. The number of carbonyl (C=O) groups is 2. The first-order chi connectivity index (χ1) is 11.7. The summed E-state index contributed by atoms with van der Waals surface area (Å²) in [5, 5.41) is 3.18. The van der Waals surface area contributed by atoms with Gasteiger partial charge in [0.1, 0.15) is 6.61 Å². The van der Waals surface area contributed by atoms with Crippen LogP contribution < -0.4 is 14.8 Å². The Morgan fingerprint density at radius 1 is 1.12 bits per heavy atom. The molecular weight excluding hydrogens is 328 g/mol. The van der Waals surface area contributed by atoms with Crippen LogP contribution in [0.3, 0.4) is 0 Å². The highest BCUT2D eigenvalue weighted by Gasteiger charge is 2.28. The number of hydrogen-bond donors (Lipinski definition) is 1. The number of benzene rings is 1. The molecule has 0 atom stereocenters. The van der Waals surface area contributed by atoms with Gasteiger partial charge in [-0.2, -0.15) is 0 Å². The molecule has 0 aromatic heterocycles. The lowest BCUT2D eigenvalue weighted by molar-refractivity contribution is -0.124. The van der Waals surface area contributed by atoms with Gasteiger partial charge in [-0.05, 0) is 38.4 Å². The van der Waals surface area contributed by atoms with Crippen LogP contribution in [0.25, 0.3) is 0 Å². The van der Waals surface area contributed by atoms with Gasteiger partial charge >= 0.3 is 0 Å². The van der Waals surface area contributed by atoms with Crippen LogP contribution in [0, 0.1) is 0 Å². The number of rotatable bonds is 11. The summed E-state index contributed by atoms with van der Waals surface area (Å²) in [4.78, 5) is 24.2. The average molecular weight is 352 g/mol. The fraction of sp³-hybridized carbons (Fsp3) is 0.529. The van der Waals surface area contributed by atoms with Crippen LogP contribution in [0.5, 0.6) is 11.5 Å². The number of amides is 2. The Kier molecular flexibility index (Phi) is 7.91. The topological polar surface area (TPSA) is 67.9 Å². The van der Waals surface area contributed by atoms with Crippen molar-refractivity contribution in [3.8, 4) is 11.5 Å². The van der Waals surface area contributed by atoms with Gasteiger partial charge < -0.3 is 14.8 Å². The molecular formula is C17H24N2O4S. The summed E-state index contributed by atoms with van der Waals surface area (Å²) in [6.07, 6.45) is 1.73. The van der Waals surface area contributed by atoms with Gasteiger partial charge in [0.05, 0.1) is 12.4 Å². The molecule has 24 heavy (non-hydrogen) atoms. The second-order valence-corrected chi connectivity index (χ2v) is 6.21. The van der Waals surface area contributed by atoms with Crippen molar-refractivity contribution in [2.24, 2.45) is 0 Å². The molecule has 0 bridgehead atoms. The van der Waals surface area contributed by atoms with E-state index in [1.165, 1.54) is 4.90 Å². The summed E-state index contributed by atoms with van der Waals surface area (Å²) in [7, 11) is 0. The van der Waals surface area contributed by atoms with Gasteiger partial charge in [0.25, 0.3) is 5.24 Å². The third kappa shape index (κ3) is 5.72. The van der Waals surface area contributed by atoms with Crippen molar-refractivity contribution in [3.05, 3.63) is 24.3 Å². The highest BCUT2D eigenvalue weighted by molar-refractivity contribution is 8.14. The largest absolute Gasteiger partial charge is 0.490 e. The number of thioether (sulfide) groups is 1. The molecule has 0 aliphatic carbocycles. The predicted molar refractivity (Wildman–Crippen MR) is 94.8 cm³/mol. The Labute approximate surface area is 146 Å². The van der Waals surface area contributed by atoms with Crippen LogP contribution in [-0.4, -0.2) is 54.6 Å². The van der Waals surface area contributed by atoms with E-state index in [0.717, 1.165) is 49.2 Å². The van der Waals surface area contributed by atoms with Crippen LogP contribution in [0.15, 0.2) is 24.3 Å². The van der Waals surface area contributed by atoms with E-state index in [2.05, 4.69) is 5.32 Å². The Morgan fingerprint density at radius 3 is 2.54 bits per heavy atom. The molecule has 1 heterocycles. The molecule has 1 aliphatic heterocycles. The lowest BCUT2D eigenvalue weighted by Crippen LogP contribution is -2.30. The van der Waals surface area contributed by atoms with Crippen molar-refractivity contribution in [1.82, 2.24) is 10.2 Å².